The number of carbonyl (C=O) groups excluding carboxylic acids is 1. The van der Waals surface area contributed by atoms with Crippen molar-refractivity contribution in [1.82, 2.24) is 5.32 Å². The number of esters is 1. The van der Waals surface area contributed by atoms with Crippen molar-refractivity contribution in [2.45, 2.75) is 19.9 Å². The van der Waals surface area contributed by atoms with Crippen LogP contribution in [0.3, 0.4) is 0 Å². The fraction of sp³-hybridized carbons (Fsp3) is 0.357. The molecular weight excluding hydrogens is 306 g/mol. The third kappa shape index (κ3) is 3.65. The van der Waals surface area contributed by atoms with Crippen LogP contribution in [0, 0.1) is 11.3 Å². The molecular formula is C14H15N3O2S2. The SMILES string of the molecule is CCOC(=O)C1=C(C)NC(SCC#N)=N[C@@H]1c1cccs1. The minimum absolute atomic E-state index is 0.311. The molecule has 0 fully saturated rings. The minimum atomic E-state index is -0.369. The van der Waals surface area contributed by atoms with Crippen molar-refractivity contribution in [2.75, 3.05) is 12.4 Å². The highest BCUT2D eigenvalue weighted by atomic mass is 32.2. The van der Waals surface area contributed by atoms with E-state index < -0.39 is 0 Å². The molecule has 1 atom stereocenters. The van der Waals surface area contributed by atoms with Crippen molar-refractivity contribution in [3.63, 3.8) is 0 Å². The van der Waals surface area contributed by atoms with Gasteiger partial charge >= 0.3 is 5.97 Å². The van der Waals surface area contributed by atoms with E-state index in [0.29, 0.717) is 23.1 Å². The number of ether oxygens (including phenoxy) is 1. The zero-order valence-electron chi connectivity index (χ0n) is 11.8. The molecule has 0 saturated heterocycles. The lowest BCUT2D eigenvalue weighted by molar-refractivity contribution is -0.138. The Morgan fingerprint density at radius 2 is 2.48 bits per heavy atom. The van der Waals surface area contributed by atoms with E-state index in [4.69, 9.17) is 10.00 Å². The van der Waals surface area contributed by atoms with Gasteiger partial charge in [-0.1, -0.05) is 17.8 Å². The normalized spacial score (nSPS) is 17.8. The maximum absolute atomic E-state index is 12.2. The van der Waals surface area contributed by atoms with Gasteiger partial charge in [-0.25, -0.2) is 9.79 Å². The van der Waals surface area contributed by atoms with Crippen molar-refractivity contribution >= 4 is 34.2 Å². The Balaban J connectivity index is 2.34. The Hall–Kier alpha value is -1.78. The number of aliphatic imine (C=N–C) groups is 1. The predicted molar refractivity (Wildman–Crippen MR) is 85.0 cm³/mol. The summed E-state index contributed by atoms with van der Waals surface area (Å²) in [6.07, 6.45) is 0. The Bertz CT molecular complexity index is 615. The molecule has 5 nitrogen and oxygen atoms in total. The summed E-state index contributed by atoms with van der Waals surface area (Å²) in [6.45, 7) is 3.93. The minimum Gasteiger partial charge on any atom is -0.463 e. The molecule has 21 heavy (non-hydrogen) atoms. The van der Waals surface area contributed by atoms with Crippen LogP contribution in [0.4, 0.5) is 0 Å². The van der Waals surface area contributed by atoms with E-state index in [2.05, 4.69) is 16.4 Å². The number of nitrogens with one attached hydrogen (secondary N) is 1. The highest BCUT2D eigenvalue weighted by Crippen LogP contribution is 2.35. The van der Waals surface area contributed by atoms with Crippen LogP contribution >= 0.6 is 23.1 Å². The van der Waals surface area contributed by atoms with E-state index in [-0.39, 0.29) is 12.0 Å². The standard InChI is InChI=1S/C14H15N3O2S2/c1-3-19-13(18)11-9(2)16-14(21-8-6-15)17-12(11)10-5-4-7-20-10/h4-5,7,12H,3,8H2,1-2H3,(H,16,17)/t12-/m1/s1. The van der Waals surface area contributed by atoms with E-state index in [1.165, 1.54) is 11.8 Å². The lowest BCUT2D eigenvalue weighted by Gasteiger charge is -2.24. The molecule has 0 aliphatic carbocycles. The van der Waals surface area contributed by atoms with Gasteiger partial charge in [0.05, 0.1) is 24.0 Å². The number of hydrogen-bond donors (Lipinski definition) is 1. The zero-order chi connectivity index (χ0) is 15.2. The number of carbonyl (C=O) groups is 1. The van der Waals surface area contributed by atoms with E-state index in [1.807, 2.05) is 24.4 Å². The largest absolute Gasteiger partial charge is 0.463 e. The van der Waals surface area contributed by atoms with Crippen LogP contribution < -0.4 is 5.32 Å². The first-order valence-corrected chi connectivity index (χ1v) is 8.29. The first-order valence-electron chi connectivity index (χ1n) is 6.43. The third-order valence-corrected chi connectivity index (χ3v) is 4.48. The highest BCUT2D eigenvalue weighted by molar-refractivity contribution is 8.14. The van der Waals surface area contributed by atoms with E-state index >= 15 is 0 Å². The van der Waals surface area contributed by atoms with Crippen LogP contribution in [0.15, 0.2) is 33.8 Å². The predicted octanol–water partition coefficient (Wildman–Crippen LogP) is 2.84. The number of amidine groups is 1. The van der Waals surface area contributed by atoms with Gasteiger partial charge in [0.2, 0.25) is 0 Å². The van der Waals surface area contributed by atoms with Gasteiger partial charge in [0.15, 0.2) is 5.17 Å². The second-order valence-electron chi connectivity index (χ2n) is 4.18. The van der Waals surface area contributed by atoms with Gasteiger partial charge in [0, 0.05) is 10.6 Å². The molecule has 110 valence electrons. The molecule has 0 radical (unpaired) electrons. The topological polar surface area (TPSA) is 74.5 Å². The summed E-state index contributed by atoms with van der Waals surface area (Å²) >= 11 is 2.87. The van der Waals surface area contributed by atoms with Crippen molar-refractivity contribution in [3.05, 3.63) is 33.7 Å². The van der Waals surface area contributed by atoms with Crippen LogP contribution in [-0.2, 0) is 9.53 Å². The smallest absolute Gasteiger partial charge is 0.338 e. The average Bonchev–Trinajstić information content (AvgIpc) is 2.98. The quantitative estimate of drug-likeness (QED) is 0.863. The fourth-order valence-electron chi connectivity index (χ4n) is 1.95. The molecule has 0 unspecified atom stereocenters. The number of allylic oxidation sites excluding steroid dienone is 1. The van der Waals surface area contributed by atoms with Crippen molar-refractivity contribution in [2.24, 2.45) is 4.99 Å². The summed E-state index contributed by atoms with van der Waals surface area (Å²) in [7, 11) is 0. The van der Waals surface area contributed by atoms with E-state index in [9.17, 15) is 4.79 Å². The molecule has 0 amide bonds. The summed E-state index contributed by atoms with van der Waals surface area (Å²) in [4.78, 5) is 17.7. The van der Waals surface area contributed by atoms with Crippen LogP contribution in [0.5, 0.6) is 0 Å². The molecule has 1 aromatic heterocycles. The summed E-state index contributed by atoms with van der Waals surface area (Å²) in [5.74, 6) is -0.0423. The maximum Gasteiger partial charge on any atom is 0.338 e. The molecule has 0 spiro atoms. The van der Waals surface area contributed by atoms with Gasteiger partial charge < -0.3 is 10.1 Å². The van der Waals surface area contributed by atoms with Crippen molar-refractivity contribution in [1.29, 1.82) is 5.26 Å². The Kier molecular flexibility index (Phi) is 5.42. The van der Waals surface area contributed by atoms with E-state index in [1.54, 1.807) is 18.3 Å². The number of thiophene rings is 1. The Morgan fingerprint density at radius 3 is 3.10 bits per heavy atom. The third-order valence-electron chi connectivity index (χ3n) is 2.80. The molecule has 1 aliphatic rings. The molecule has 0 saturated carbocycles. The summed E-state index contributed by atoms with van der Waals surface area (Å²) in [6, 6.07) is 5.58. The molecule has 0 aromatic carbocycles. The van der Waals surface area contributed by atoms with Gasteiger partial charge in [-0.05, 0) is 25.3 Å². The zero-order valence-corrected chi connectivity index (χ0v) is 13.4. The van der Waals surface area contributed by atoms with Crippen LogP contribution in [-0.4, -0.2) is 23.5 Å². The summed E-state index contributed by atoms with van der Waals surface area (Å²) < 4.78 is 5.14. The number of thioether (sulfide) groups is 1. The molecule has 2 rings (SSSR count). The Labute approximate surface area is 131 Å². The first kappa shape index (κ1) is 15.6. The van der Waals surface area contributed by atoms with Crippen LogP contribution in [0.25, 0.3) is 0 Å². The maximum atomic E-state index is 12.2. The second-order valence-corrected chi connectivity index (χ2v) is 6.13. The second kappa shape index (κ2) is 7.29. The van der Waals surface area contributed by atoms with Gasteiger partial charge in [-0.15, -0.1) is 11.3 Å². The van der Waals surface area contributed by atoms with Gasteiger partial charge in [0.1, 0.15) is 6.04 Å². The van der Waals surface area contributed by atoms with Gasteiger partial charge in [0.25, 0.3) is 0 Å². The van der Waals surface area contributed by atoms with Crippen LogP contribution in [0.2, 0.25) is 0 Å². The number of nitriles is 1. The number of rotatable bonds is 4. The average molecular weight is 321 g/mol. The van der Waals surface area contributed by atoms with Crippen molar-refractivity contribution < 1.29 is 9.53 Å². The number of nitrogens with zero attached hydrogens (tertiary/aromatic N) is 2. The molecule has 1 aliphatic heterocycles. The summed E-state index contributed by atoms with van der Waals surface area (Å²) in [5.41, 5.74) is 1.25. The van der Waals surface area contributed by atoms with Gasteiger partial charge in [-0.2, -0.15) is 5.26 Å². The highest BCUT2D eigenvalue weighted by Gasteiger charge is 2.30. The Morgan fingerprint density at radius 1 is 1.67 bits per heavy atom. The lowest BCUT2D eigenvalue weighted by atomic mass is 10.0. The monoisotopic (exact) mass is 321 g/mol. The van der Waals surface area contributed by atoms with Crippen molar-refractivity contribution in [3.8, 4) is 6.07 Å². The lowest BCUT2D eigenvalue weighted by Crippen LogP contribution is -2.30. The van der Waals surface area contributed by atoms with Gasteiger partial charge in [-0.3, -0.25) is 0 Å². The van der Waals surface area contributed by atoms with E-state index in [0.717, 1.165) is 10.6 Å². The molecule has 0 bridgehead atoms. The molecule has 2 heterocycles. The van der Waals surface area contributed by atoms with Crippen LogP contribution in [0.1, 0.15) is 24.8 Å². The first-order chi connectivity index (χ1) is 10.2. The molecule has 7 heteroatoms. The number of hydrogen-bond acceptors (Lipinski definition) is 7. The summed E-state index contributed by atoms with van der Waals surface area (Å²) in [5, 5.41) is 14.4. The fourth-order valence-corrected chi connectivity index (χ4v) is 3.32. The molecule has 1 N–H and O–H groups in total. The molecule has 1 aromatic rings.